The van der Waals surface area contributed by atoms with Crippen molar-refractivity contribution in [2.45, 2.75) is 5.41 Å². The topological polar surface area (TPSA) is 3.24 Å². The Bertz CT molecular complexity index is 3840. The summed E-state index contributed by atoms with van der Waals surface area (Å²) in [6.45, 7) is 0. The number of benzene rings is 11. The summed E-state index contributed by atoms with van der Waals surface area (Å²) >= 11 is 1.91. The zero-order chi connectivity index (χ0) is 44.1. The summed E-state index contributed by atoms with van der Waals surface area (Å²) in [5, 5.41) is 5.20. The van der Waals surface area contributed by atoms with Gasteiger partial charge in [0.15, 0.2) is 0 Å². The van der Waals surface area contributed by atoms with E-state index < -0.39 is 5.41 Å². The molecule has 67 heavy (non-hydrogen) atoms. The minimum absolute atomic E-state index is 0.435. The lowest BCUT2D eigenvalue weighted by molar-refractivity contribution is 0.793. The molecule has 0 radical (unpaired) electrons. The molecule has 2 aliphatic rings. The van der Waals surface area contributed by atoms with E-state index in [9.17, 15) is 0 Å². The van der Waals surface area contributed by atoms with Gasteiger partial charge >= 0.3 is 0 Å². The smallest absolute Gasteiger partial charge is 0.0726 e. The Morgan fingerprint density at radius 1 is 0.269 bits per heavy atom. The summed E-state index contributed by atoms with van der Waals surface area (Å²) < 4.78 is 2.67. The van der Waals surface area contributed by atoms with Crippen molar-refractivity contribution in [2.75, 3.05) is 4.90 Å². The van der Waals surface area contributed by atoms with Crippen LogP contribution in [-0.4, -0.2) is 0 Å². The van der Waals surface area contributed by atoms with E-state index in [0.29, 0.717) is 0 Å². The van der Waals surface area contributed by atoms with Gasteiger partial charge in [-0.3, -0.25) is 0 Å². The zero-order valence-corrected chi connectivity index (χ0v) is 37.3. The molecular weight excluding hydrogens is 827 g/mol. The molecule has 14 rings (SSSR count). The van der Waals surface area contributed by atoms with Crippen LogP contribution in [0.15, 0.2) is 249 Å². The standard InChI is InChI=1S/C65H41NS/c1-3-15-42(16-4-1)43-27-32-48(33-28-43)66(50-36-38-55-54-23-11-14-26-61(54)65(62(55)41-50)59-24-12-9-21-52(59)53-22-10-13-25-60(53)65)49-34-29-44(30-35-49)47-39-57(45-17-5-2-6-18-45)64-58(40-47)56-37-31-46-19-7-8-20-51(46)63(56)67-64/h1-41H. The second kappa shape index (κ2) is 14.9. The SMILES string of the molecule is c1ccc(-c2ccc(N(c3ccc(-c4cc(-c5ccccc5)c5sc6c7ccccc7ccc6c5c4)cc3)c3ccc4c(c3)C3(c5ccccc5-c5ccccc53)c3ccccc3-4)cc2)cc1. The van der Waals surface area contributed by atoms with E-state index in [2.05, 4.69) is 254 Å². The molecule has 0 N–H and O–H groups in total. The molecule has 2 heteroatoms. The van der Waals surface area contributed by atoms with Crippen LogP contribution in [0, 0.1) is 0 Å². The predicted octanol–water partition coefficient (Wildman–Crippen LogP) is 18.0. The highest BCUT2D eigenvalue weighted by molar-refractivity contribution is 7.27. The third-order valence-electron chi connectivity index (χ3n) is 14.5. The first-order chi connectivity index (χ1) is 33.2. The predicted molar refractivity (Wildman–Crippen MR) is 284 cm³/mol. The van der Waals surface area contributed by atoms with Crippen molar-refractivity contribution in [3.63, 3.8) is 0 Å². The summed E-state index contributed by atoms with van der Waals surface area (Å²) in [7, 11) is 0. The highest BCUT2D eigenvalue weighted by Gasteiger charge is 2.51. The average molecular weight is 868 g/mol. The number of thiophene rings is 1. The van der Waals surface area contributed by atoms with E-state index >= 15 is 0 Å². The molecule has 0 atom stereocenters. The molecule has 1 aromatic heterocycles. The molecule has 312 valence electrons. The van der Waals surface area contributed by atoms with Crippen LogP contribution in [0.5, 0.6) is 0 Å². The van der Waals surface area contributed by atoms with E-state index in [1.807, 2.05) is 11.3 Å². The van der Waals surface area contributed by atoms with Gasteiger partial charge in [-0.05, 0) is 132 Å². The van der Waals surface area contributed by atoms with Crippen LogP contribution in [0.3, 0.4) is 0 Å². The van der Waals surface area contributed by atoms with Crippen molar-refractivity contribution in [1.82, 2.24) is 0 Å². The molecule has 11 aromatic carbocycles. The Kier molecular flexibility index (Phi) is 8.44. The lowest BCUT2D eigenvalue weighted by atomic mass is 9.70. The fraction of sp³-hybridized carbons (Fsp3) is 0.0154. The van der Waals surface area contributed by atoms with E-state index in [0.717, 1.165) is 17.1 Å². The van der Waals surface area contributed by atoms with E-state index in [4.69, 9.17) is 0 Å². The molecule has 0 amide bonds. The van der Waals surface area contributed by atoms with Gasteiger partial charge in [-0.15, -0.1) is 11.3 Å². The third-order valence-corrected chi connectivity index (χ3v) is 15.8. The van der Waals surface area contributed by atoms with Crippen molar-refractivity contribution in [2.24, 2.45) is 0 Å². The van der Waals surface area contributed by atoms with Crippen LogP contribution in [0.2, 0.25) is 0 Å². The number of fused-ring (bicyclic) bond motifs is 15. The second-order valence-electron chi connectivity index (χ2n) is 17.9. The fourth-order valence-electron chi connectivity index (χ4n) is 11.5. The number of hydrogen-bond acceptors (Lipinski definition) is 2. The van der Waals surface area contributed by atoms with E-state index in [1.165, 1.54) is 109 Å². The number of rotatable bonds is 6. The van der Waals surface area contributed by atoms with Crippen molar-refractivity contribution < 1.29 is 0 Å². The quantitative estimate of drug-likeness (QED) is 0.161. The molecule has 12 aromatic rings. The van der Waals surface area contributed by atoms with Crippen LogP contribution in [0.25, 0.3) is 86.6 Å². The maximum absolute atomic E-state index is 2.48. The summed E-state index contributed by atoms with van der Waals surface area (Å²) in [5.74, 6) is 0. The normalized spacial score (nSPS) is 12.9. The van der Waals surface area contributed by atoms with Gasteiger partial charge in [0.05, 0.1) is 5.41 Å². The molecule has 2 aliphatic carbocycles. The first kappa shape index (κ1) is 38.0. The van der Waals surface area contributed by atoms with E-state index in [-0.39, 0.29) is 0 Å². The van der Waals surface area contributed by atoms with Gasteiger partial charge in [-0.2, -0.15) is 0 Å². The summed E-state index contributed by atoms with van der Waals surface area (Å²) in [6.07, 6.45) is 0. The molecular formula is C65H41NS. The van der Waals surface area contributed by atoms with Crippen LogP contribution in [0.4, 0.5) is 17.1 Å². The number of hydrogen-bond donors (Lipinski definition) is 0. The van der Waals surface area contributed by atoms with Crippen molar-refractivity contribution in [3.8, 4) is 55.6 Å². The van der Waals surface area contributed by atoms with Gasteiger partial charge in [0.1, 0.15) is 0 Å². The molecule has 0 bridgehead atoms. The maximum Gasteiger partial charge on any atom is 0.0726 e. The van der Waals surface area contributed by atoms with Gasteiger partial charge in [0, 0.05) is 42.8 Å². The van der Waals surface area contributed by atoms with E-state index in [1.54, 1.807) is 0 Å². The average Bonchev–Trinajstić information content (AvgIpc) is 4.04. The maximum atomic E-state index is 2.48. The summed E-state index contributed by atoms with van der Waals surface area (Å²) in [5.41, 5.74) is 20.8. The Morgan fingerprint density at radius 3 is 1.39 bits per heavy atom. The van der Waals surface area contributed by atoms with Crippen molar-refractivity contribution in [3.05, 3.63) is 271 Å². The lowest BCUT2D eigenvalue weighted by Crippen LogP contribution is -2.26. The second-order valence-corrected chi connectivity index (χ2v) is 19.0. The Labute approximate surface area is 394 Å². The van der Waals surface area contributed by atoms with Gasteiger partial charge in [0.2, 0.25) is 0 Å². The third kappa shape index (κ3) is 5.67. The molecule has 1 nitrogen and oxygen atoms in total. The molecule has 1 heterocycles. The molecule has 0 aliphatic heterocycles. The van der Waals surface area contributed by atoms with Gasteiger partial charge < -0.3 is 4.90 Å². The molecule has 0 saturated heterocycles. The first-order valence-electron chi connectivity index (χ1n) is 23.2. The summed E-state index contributed by atoms with van der Waals surface area (Å²) in [4.78, 5) is 2.44. The van der Waals surface area contributed by atoms with Gasteiger partial charge in [-0.25, -0.2) is 0 Å². The Morgan fingerprint density at radius 2 is 0.761 bits per heavy atom. The molecule has 0 fully saturated rings. The highest BCUT2D eigenvalue weighted by atomic mass is 32.1. The van der Waals surface area contributed by atoms with Gasteiger partial charge in [0.25, 0.3) is 0 Å². The van der Waals surface area contributed by atoms with Crippen LogP contribution in [-0.2, 0) is 5.41 Å². The molecule has 0 unspecified atom stereocenters. The van der Waals surface area contributed by atoms with Crippen molar-refractivity contribution >= 4 is 59.3 Å². The van der Waals surface area contributed by atoms with Crippen LogP contribution >= 0.6 is 11.3 Å². The number of anilines is 3. The largest absolute Gasteiger partial charge is 0.310 e. The molecule has 1 spiro atoms. The van der Waals surface area contributed by atoms with Crippen LogP contribution in [0.1, 0.15) is 22.3 Å². The lowest BCUT2D eigenvalue weighted by Gasteiger charge is -2.32. The minimum Gasteiger partial charge on any atom is -0.310 e. The van der Waals surface area contributed by atoms with Gasteiger partial charge in [-0.1, -0.05) is 200 Å². The zero-order valence-electron chi connectivity index (χ0n) is 36.5. The van der Waals surface area contributed by atoms with Crippen LogP contribution < -0.4 is 4.90 Å². The first-order valence-corrected chi connectivity index (χ1v) is 24.0. The van der Waals surface area contributed by atoms with Crippen molar-refractivity contribution in [1.29, 1.82) is 0 Å². The minimum atomic E-state index is -0.435. The highest BCUT2D eigenvalue weighted by Crippen LogP contribution is 2.63. The monoisotopic (exact) mass is 867 g/mol. The fourth-order valence-corrected chi connectivity index (χ4v) is 12.9. The summed E-state index contributed by atoms with van der Waals surface area (Å²) in [6, 6.07) is 92.4. The Hall–Kier alpha value is -8.30. The number of nitrogens with zero attached hydrogens (tertiary/aromatic N) is 1. The molecule has 0 saturated carbocycles. The Balaban J connectivity index is 0.948.